The number of hydrogen-bond donors (Lipinski definition) is 0. The number of carbonyl (C=O) groups is 1. The summed E-state index contributed by atoms with van der Waals surface area (Å²) in [5.41, 5.74) is 0.538. The van der Waals surface area contributed by atoms with Gasteiger partial charge in [-0.1, -0.05) is 6.92 Å². The van der Waals surface area contributed by atoms with Crippen molar-refractivity contribution in [2.45, 2.75) is 20.3 Å². The molecule has 13 heavy (non-hydrogen) atoms. The predicted molar refractivity (Wildman–Crippen MR) is 47.2 cm³/mol. The second-order valence-corrected chi connectivity index (χ2v) is 2.83. The quantitative estimate of drug-likeness (QED) is 0.665. The minimum absolute atomic E-state index is 0.159. The van der Waals surface area contributed by atoms with Crippen molar-refractivity contribution in [2.24, 2.45) is 5.92 Å². The van der Waals surface area contributed by atoms with E-state index in [9.17, 15) is 4.79 Å². The molecule has 0 aliphatic carbocycles. The van der Waals surface area contributed by atoms with Crippen molar-refractivity contribution in [1.29, 1.82) is 5.26 Å². The van der Waals surface area contributed by atoms with Gasteiger partial charge in [-0.25, -0.2) is 0 Å². The maximum Gasteiger partial charge on any atom is 0.183 e. The first-order valence-corrected chi connectivity index (χ1v) is 4.20. The summed E-state index contributed by atoms with van der Waals surface area (Å²) < 4.78 is 5.10. The van der Waals surface area contributed by atoms with Crippen molar-refractivity contribution in [3.05, 3.63) is 23.7 Å². The highest BCUT2D eigenvalue weighted by Crippen LogP contribution is 2.15. The van der Waals surface area contributed by atoms with E-state index in [4.69, 9.17) is 9.68 Å². The third-order valence-corrected chi connectivity index (χ3v) is 1.92. The Bertz CT molecular complexity index is 346. The largest absolute Gasteiger partial charge is 0.469 e. The van der Waals surface area contributed by atoms with Crippen LogP contribution in [0.2, 0.25) is 0 Å². The molecule has 1 aromatic rings. The molecule has 0 spiro atoms. The van der Waals surface area contributed by atoms with Gasteiger partial charge < -0.3 is 4.42 Å². The van der Waals surface area contributed by atoms with Gasteiger partial charge in [-0.05, 0) is 13.0 Å². The fraction of sp³-hybridized carbons (Fsp3) is 0.400. The van der Waals surface area contributed by atoms with Gasteiger partial charge >= 0.3 is 0 Å². The van der Waals surface area contributed by atoms with E-state index in [2.05, 4.69) is 0 Å². The van der Waals surface area contributed by atoms with Crippen LogP contribution in [0.25, 0.3) is 0 Å². The van der Waals surface area contributed by atoms with Gasteiger partial charge in [0.1, 0.15) is 11.7 Å². The standard InChI is InChI=1S/C10H11NO2/c1-3-9-8(4-5-13-9)10(12)7(2)6-11/h4-5,7H,3H2,1-2H3. The molecule has 0 saturated carbocycles. The third kappa shape index (κ3) is 1.78. The monoisotopic (exact) mass is 177 g/mol. The van der Waals surface area contributed by atoms with Crippen molar-refractivity contribution < 1.29 is 9.21 Å². The second-order valence-electron chi connectivity index (χ2n) is 2.83. The number of carbonyl (C=O) groups excluding carboxylic acids is 1. The molecule has 0 N–H and O–H groups in total. The van der Waals surface area contributed by atoms with Crippen molar-refractivity contribution in [1.82, 2.24) is 0 Å². The summed E-state index contributed by atoms with van der Waals surface area (Å²) >= 11 is 0. The SMILES string of the molecule is CCc1occc1C(=O)C(C)C#N. The fourth-order valence-electron chi connectivity index (χ4n) is 1.13. The zero-order chi connectivity index (χ0) is 9.84. The second kappa shape index (κ2) is 3.90. The Kier molecular flexibility index (Phi) is 2.86. The minimum atomic E-state index is -0.595. The average molecular weight is 177 g/mol. The van der Waals surface area contributed by atoms with Crippen LogP contribution in [-0.2, 0) is 6.42 Å². The van der Waals surface area contributed by atoms with Gasteiger partial charge in [-0.2, -0.15) is 5.26 Å². The molecule has 1 rings (SSSR count). The highest BCUT2D eigenvalue weighted by molar-refractivity contribution is 5.99. The van der Waals surface area contributed by atoms with Gasteiger partial charge in [0, 0.05) is 6.42 Å². The van der Waals surface area contributed by atoms with Crippen LogP contribution < -0.4 is 0 Å². The summed E-state index contributed by atoms with van der Waals surface area (Å²) in [7, 11) is 0. The first kappa shape index (κ1) is 9.53. The molecule has 0 aliphatic rings. The molecule has 0 fully saturated rings. The van der Waals surface area contributed by atoms with Crippen molar-refractivity contribution >= 4 is 5.78 Å². The molecule has 1 aromatic heterocycles. The van der Waals surface area contributed by atoms with Crippen molar-refractivity contribution in [3.8, 4) is 6.07 Å². The molecule has 0 aromatic carbocycles. The van der Waals surface area contributed by atoms with Crippen LogP contribution in [0.3, 0.4) is 0 Å². The Hall–Kier alpha value is -1.56. The number of Topliss-reactive ketones (excluding diaryl/α,β-unsaturated/α-hetero) is 1. The summed E-state index contributed by atoms with van der Waals surface area (Å²) in [4.78, 5) is 11.5. The topological polar surface area (TPSA) is 54.0 Å². The van der Waals surface area contributed by atoms with Crippen LogP contribution in [0.15, 0.2) is 16.7 Å². The highest BCUT2D eigenvalue weighted by Gasteiger charge is 2.18. The molecule has 0 saturated heterocycles. The Labute approximate surface area is 77.0 Å². The number of hydrogen-bond acceptors (Lipinski definition) is 3. The third-order valence-electron chi connectivity index (χ3n) is 1.92. The Balaban J connectivity index is 2.96. The number of aryl methyl sites for hydroxylation is 1. The number of furan rings is 1. The normalized spacial score (nSPS) is 12.1. The lowest BCUT2D eigenvalue weighted by Gasteiger charge is -2.00. The lowest BCUT2D eigenvalue weighted by Crippen LogP contribution is -2.09. The number of ketones is 1. The minimum Gasteiger partial charge on any atom is -0.469 e. The summed E-state index contributed by atoms with van der Waals surface area (Å²) in [5, 5.41) is 8.57. The van der Waals surface area contributed by atoms with E-state index in [-0.39, 0.29) is 5.78 Å². The molecule has 3 heteroatoms. The Morgan fingerprint density at radius 2 is 2.46 bits per heavy atom. The van der Waals surface area contributed by atoms with Crippen LogP contribution >= 0.6 is 0 Å². The first-order valence-electron chi connectivity index (χ1n) is 4.20. The Morgan fingerprint density at radius 1 is 1.77 bits per heavy atom. The van der Waals surface area contributed by atoms with Crippen molar-refractivity contribution in [2.75, 3.05) is 0 Å². The smallest absolute Gasteiger partial charge is 0.183 e. The lowest BCUT2D eigenvalue weighted by atomic mass is 10.0. The van der Waals surface area contributed by atoms with Gasteiger partial charge in [-0.3, -0.25) is 4.79 Å². The van der Waals surface area contributed by atoms with Gasteiger partial charge in [0.25, 0.3) is 0 Å². The maximum absolute atomic E-state index is 11.5. The number of nitrogens with zero attached hydrogens (tertiary/aromatic N) is 1. The van der Waals surface area contributed by atoms with E-state index >= 15 is 0 Å². The molecule has 1 unspecified atom stereocenters. The van der Waals surface area contributed by atoms with Crippen LogP contribution in [0, 0.1) is 17.2 Å². The molecular weight excluding hydrogens is 166 g/mol. The maximum atomic E-state index is 11.5. The molecule has 1 atom stereocenters. The summed E-state index contributed by atoms with van der Waals surface area (Å²) in [6.07, 6.45) is 2.16. The highest BCUT2D eigenvalue weighted by atomic mass is 16.3. The first-order chi connectivity index (χ1) is 6.20. The number of rotatable bonds is 3. The molecule has 0 bridgehead atoms. The number of nitriles is 1. The molecule has 3 nitrogen and oxygen atoms in total. The van der Waals surface area contributed by atoms with Gasteiger partial charge in [-0.15, -0.1) is 0 Å². The zero-order valence-electron chi connectivity index (χ0n) is 7.70. The predicted octanol–water partition coefficient (Wildman–Crippen LogP) is 2.18. The van der Waals surface area contributed by atoms with Crippen LogP contribution in [0.4, 0.5) is 0 Å². The van der Waals surface area contributed by atoms with E-state index in [1.54, 1.807) is 13.0 Å². The summed E-state index contributed by atoms with van der Waals surface area (Å²) in [5.74, 6) is -0.0944. The van der Waals surface area contributed by atoms with Gasteiger partial charge in [0.05, 0.1) is 17.9 Å². The van der Waals surface area contributed by atoms with Gasteiger partial charge in [0.2, 0.25) is 0 Å². The van der Waals surface area contributed by atoms with E-state index < -0.39 is 5.92 Å². The molecule has 68 valence electrons. The van der Waals surface area contributed by atoms with Crippen LogP contribution in [0.1, 0.15) is 30.0 Å². The lowest BCUT2D eigenvalue weighted by molar-refractivity contribution is 0.0954. The van der Waals surface area contributed by atoms with Crippen LogP contribution in [-0.4, -0.2) is 5.78 Å². The molecule has 0 radical (unpaired) electrons. The molecular formula is C10H11NO2. The van der Waals surface area contributed by atoms with Crippen molar-refractivity contribution in [3.63, 3.8) is 0 Å². The van der Waals surface area contributed by atoms with E-state index in [0.717, 1.165) is 0 Å². The zero-order valence-corrected chi connectivity index (χ0v) is 7.70. The van der Waals surface area contributed by atoms with E-state index in [1.807, 2.05) is 13.0 Å². The molecule has 1 heterocycles. The average Bonchev–Trinajstić information content (AvgIpc) is 2.62. The summed E-state index contributed by atoms with van der Waals surface area (Å²) in [6.45, 7) is 3.50. The fourth-order valence-corrected chi connectivity index (χ4v) is 1.13. The Morgan fingerprint density at radius 3 is 3.00 bits per heavy atom. The molecule has 0 aliphatic heterocycles. The van der Waals surface area contributed by atoms with E-state index in [1.165, 1.54) is 6.26 Å². The van der Waals surface area contributed by atoms with Crippen LogP contribution in [0.5, 0.6) is 0 Å². The summed E-state index contributed by atoms with van der Waals surface area (Å²) in [6, 6.07) is 3.53. The van der Waals surface area contributed by atoms with Gasteiger partial charge in [0.15, 0.2) is 5.78 Å². The van der Waals surface area contributed by atoms with E-state index in [0.29, 0.717) is 17.7 Å². The molecule has 0 amide bonds.